The van der Waals surface area contributed by atoms with E-state index in [0.29, 0.717) is 0 Å². The molecule has 1 amide bonds. The summed E-state index contributed by atoms with van der Waals surface area (Å²) >= 11 is 0. The van der Waals surface area contributed by atoms with Crippen LogP contribution in [0.15, 0.2) is 6.20 Å². The normalized spacial score (nSPS) is 25.1. The maximum Gasteiger partial charge on any atom is 0.227 e. The van der Waals surface area contributed by atoms with Crippen LogP contribution in [-0.4, -0.2) is 28.8 Å². The molecule has 0 aliphatic carbocycles. The largest absolute Gasteiger partial charge is 0.349 e. The molecule has 1 aliphatic heterocycles. The Bertz CT molecular complexity index is 460. The van der Waals surface area contributed by atoms with E-state index >= 15 is 0 Å². The Morgan fingerprint density at radius 1 is 1.63 bits per heavy atom. The fourth-order valence-electron chi connectivity index (χ4n) is 2.64. The van der Waals surface area contributed by atoms with Crippen LogP contribution in [-0.2, 0) is 11.8 Å². The second-order valence-electron chi connectivity index (χ2n) is 5.85. The molecule has 0 aromatic carbocycles. The fourth-order valence-corrected chi connectivity index (χ4v) is 2.64. The van der Waals surface area contributed by atoms with Crippen LogP contribution in [0.3, 0.4) is 0 Å². The van der Waals surface area contributed by atoms with Gasteiger partial charge in [-0.1, -0.05) is 0 Å². The van der Waals surface area contributed by atoms with E-state index in [4.69, 9.17) is 0 Å². The minimum atomic E-state index is -0.289. The summed E-state index contributed by atoms with van der Waals surface area (Å²) in [6.45, 7) is 7.85. The standard InChI is InChI=1S/C14H24N4O/c1-10(12-8-16-18(4)11(12)2)17-13(19)14(3)6-5-7-15-9-14/h8,10,15H,5-7,9H2,1-4H3,(H,17,19). The van der Waals surface area contributed by atoms with Gasteiger partial charge in [0.15, 0.2) is 0 Å². The molecular formula is C14H24N4O. The molecule has 1 fully saturated rings. The van der Waals surface area contributed by atoms with Crippen molar-refractivity contribution >= 4 is 5.91 Å². The second-order valence-corrected chi connectivity index (χ2v) is 5.85. The van der Waals surface area contributed by atoms with E-state index in [1.165, 1.54) is 0 Å². The van der Waals surface area contributed by atoms with Gasteiger partial charge in [-0.15, -0.1) is 0 Å². The fraction of sp³-hybridized carbons (Fsp3) is 0.714. The minimum Gasteiger partial charge on any atom is -0.349 e. The van der Waals surface area contributed by atoms with Gasteiger partial charge in [0, 0.05) is 24.8 Å². The van der Waals surface area contributed by atoms with Gasteiger partial charge in [-0.25, -0.2) is 0 Å². The van der Waals surface area contributed by atoms with E-state index in [2.05, 4.69) is 15.7 Å². The maximum absolute atomic E-state index is 12.4. The Hall–Kier alpha value is -1.36. The lowest BCUT2D eigenvalue weighted by Gasteiger charge is -2.33. The highest BCUT2D eigenvalue weighted by Crippen LogP contribution is 2.27. The van der Waals surface area contributed by atoms with Crippen LogP contribution in [0.25, 0.3) is 0 Å². The highest BCUT2D eigenvalue weighted by atomic mass is 16.2. The number of hydrogen-bond acceptors (Lipinski definition) is 3. The SMILES string of the molecule is Cc1c(C(C)NC(=O)C2(C)CCCNC2)cnn1C. The van der Waals surface area contributed by atoms with Crippen LogP contribution in [0.4, 0.5) is 0 Å². The van der Waals surface area contributed by atoms with E-state index < -0.39 is 0 Å². The van der Waals surface area contributed by atoms with E-state index in [-0.39, 0.29) is 17.4 Å². The van der Waals surface area contributed by atoms with Crippen molar-refractivity contribution in [1.29, 1.82) is 0 Å². The third-order valence-electron chi connectivity index (χ3n) is 4.23. The number of rotatable bonds is 3. The molecule has 0 radical (unpaired) electrons. The molecule has 19 heavy (non-hydrogen) atoms. The first-order valence-corrected chi connectivity index (χ1v) is 6.94. The molecule has 1 aromatic heterocycles. The summed E-state index contributed by atoms with van der Waals surface area (Å²) in [6, 6.07) is -0.0000449. The zero-order valence-corrected chi connectivity index (χ0v) is 12.3. The van der Waals surface area contributed by atoms with Crippen molar-refractivity contribution in [2.24, 2.45) is 12.5 Å². The Balaban J connectivity index is 2.04. The summed E-state index contributed by atoms with van der Waals surface area (Å²) in [4.78, 5) is 12.4. The lowest BCUT2D eigenvalue weighted by atomic mass is 9.81. The summed E-state index contributed by atoms with van der Waals surface area (Å²) in [5, 5.41) is 10.7. The third-order valence-corrected chi connectivity index (χ3v) is 4.23. The number of hydrogen-bond donors (Lipinski definition) is 2. The number of nitrogens with zero attached hydrogens (tertiary/aromatic N) is 2. The topological polar surface area (TPSA) is 59.0 Å². The molecule has 5 heteroatoms. The van der Waals surface area contributed by atoms with Crippen molar-refractivity contribution in [3.63, 3.8) is 0 Å². The van der Waals surface area contributed by atoms with Gasteiger partial charge in [0.1, 0.15) is 0 Å². The maximum atomic E-state index is 12.4. The first kappa shape index (κ1) is 14.1. The Labute approximate surface area is 114 Å². The van der Waals surface area contributed by atoms with Crippen molar-refractivity contribution in [3.8, 4) is 0 Å². The molecule has 0 spiro atoms. The molecule has 1 aliphatic rings. The van der Waals surface area contributed by atoms with Crippen LogP contribution in [0.2, 0.25) is 0 Å². The average Bonchev–Trinajstić information content (AvgIpc) is 2.71. The van der Waals surface area contributed by atoms with Gasteiger partial charge in [0.25, 0.3) is 0 Å². The average molecular weight is 264 g/mol. The van der Waals surface area contributed by atoms with E-state index in [0.717, 1.165) is 37.2 Å². The molecular weight excluding hydrogens is 240 g/mol. The van der Waals surface area contributed by atoms with Gasteiger partial charge < -0.3 is 10.6 Å². The summed E-state index contributed by atoms with van der Waals surface area (Å²) in [5.74, 6) is 0.135. The van der Waals surface area contributed by atoms with Crippen molar-refractivity contribution in [2.45, 2.75) is 39.7 Å². The smallest absolute Gasteiger partial charge is 0.227 e. The van der Waals surface area contributed by atoms with Crippen LogP contribution in [0, 0.1) is 12.3 Å². The Kier molecular flexibility index (Phi) is 3.94. The highest BCUT2D eigenvalue weighted by Gasteiger charge is 2.35. The summed E-state index contributed by atoms with van der Waals surface area (Å²) < 4.78 is 1.84. The lowest BCUT2D eigenvalue weighted by molar-refractivity contribution is -0.131. The molecule has 1 saturated heterocycles. The number of carbonyl (C=O) groups is 1. The van der Waals surface area contributed by atoms with Crippen LogP contribution in [0.5, 0.6) is 0 Å². The number of aromatic nitrogens is 2. The first-order chi connectivity index (χ1) is 8.94. The van der Waals surface area contributed by atoms with Crippen molar-refractivity contribution in [1.82, 2.24) is 20.4 Å². The van der Waals surface area contributed by atoms with Crippen molar-refractivity contribution in [2.75, 3.05) is 13.1 Å². The lowest BCUT2D eigenvalue weighted by Crippen LogP contribution is -2.49. The van der Waals surface area contributed by atoms with Gasteiger partial charge in [-0.2, -0.15) is 5.10 Å². The molecule has 0 saturated carbocycles. The third kappa shape index (κ3) is 2.81. The van der Waals surface area contributed by atoms with Gasteiger partial charge in [-0.05, 0) is 40.2 Å². The molecule has 0 bridgehead atoms. The monoisotopic (exact) mass is 264 g/mol. The molecule has 2 atom stereocenters. The highest BCUT2D eigenvalue weighted by molar-refractivity contribution is 5.83. The number of amides is 1. The first-order valence-electron chi connectivity index (χ1n) is 6.94. The molecule has 2 unspecified atom stereocenters. The quantitative estimate of drug-likeness (QED) is 0.865. The summed E-state index contributed by atoms with van der Waals surface area (Å²) in [6.07, 6.45) is 3.84. The minimum absolute atomic E-state index is 0.0000449. The molecule has 2 heterocycles. The Morgan fingerprint density at radius 2 is 2.37 bits per heavy atom. The zero-order chi connectivity index (χ0) is 14.0. The molecule has 106 valence electrons. The number of piperidine rings is 1. The molecule has 1 aromatic rings. The molecule has 2 N–H and O–H groups in total. The van der Waals surface area contributed by atoms with Crippen molar-refractivity contribution < 1.29 is 4.79 Å². The van der Waals surface area contributed by atoms with Gasteiger partial charge >= 0.3 is 0 Å². The van der Waals surface area contributed by atoms with Crippen LogP contribution < -0.4 is 10.6 Å². The van der Waals surface area contributed by atoms with Gasteiger partial charge in [0.2, 0.25) is 5.91 Å². The number of nitrogens with one attached hydrogen (secondary N) is 2. The number of aryl methyl sites for hydroxylation is 1. The molecule has 5 nitrogen and oxygen atoms in total. The number of carbonyl (C=O) groups excluding carboxylic acids is 1. The second kappa shape index (κ2) is 5.33. The zero-order valence-electron chi connectivity index (χ0n) is 12.3. The Morgan fingerprint density at radius 3 is 2.89 bits per heavy atom. The van der Waals surface area contributed by atoms with E-state index in [1.54, 1.807) is 0 Å². The summed E-state index contributed by atoms with van der Waals surface area (Å²) in [5.41, 5.74) is 1.89. The van der Waals surface area contributed by atoms with Crippen molar-refractivity contribution in [3.05, 3.63) is 17.5 Å². The predicted octanol–water partition coefficient (Wildman–Crippen LogP) is 1.30. The van der Waals surface area contributed by atoms with Gasteiger partial charge in [0.05, 0.1) is 17.7 Å². The van der Waals surface area contributed by atoms with Gasteiger partial charge in [-0.3, -0.25) is 9.48 Å². The van der Waals surface area contributed by atoms with Crippen LogP contribution >= 0.6 is 0 Å². The molecule has 2 rings (SSSR count). The van der Waals surface area contributed by atoms with E-state index in [1.807, 2.05) is 38.7 Å². The predicted molar refractivity (Wildman–Crippen MR) is 74.7 cm³/mol. The van der Waals surface area contributed by atoms with Crippen LogP contribution in [0.1, 0.15) is 44.0 Å². The summed E-state index contributed by atoms with van der Waals surface area (Å²) in [7, 11) is 1.92. The van der Waals surface area contributed by atoms with E-state index in [9.17, 15) is 4.79 Å².